The van der Waals surface area contributed by atoms with Crippen molar-refractivity contribution in [2.24, 2.45) is 5.92 Å². The summed E-state index contributed by atoms with van der Waals surface area (Å²) in [5.41, 5.74) is 0.512. The number of benzene rings is 2. The molecule has 0 saturated heterocycles. The van der Waals surface area contributed by atoms with E-state index in [9.17, 15) is 13.6 Å². The summed E-state index contributed by atoms with van der Waals surface area (Å²) < 4.78 is 45.2. The van der Waals surface area contributed by atoms with Crippen molar-refractivity contribution in [1.82, 2.24) is 15.0 Å². The Morgan fingerprint density at radius 1 is 1.12 bits per heavy atom. The molecule has 2 aromatic carbocycles. The second-order valence-corrected chi connectivity index (χ2v) is 8.60. The van der Waals surface area contributed by atoms with Gasteiger partial charge in [0.15, 0.2) is 11.6 Å². The van der Waals surface area contributed by atoms with E-state index in [1.807, 2.05) is 0 Å². The molecule has 0 unspecified atom stereocenters. The van der Waals surface area contributed by atoms with Crippen molar-refractivity contribution < 1.29 is 18.0 Å². The quantitative estimate of drug-likeness (QED) is 0.232. The third-order valence-corrected chi connectivity index (χ3v) is 6.23. The lowest BCUT2D eigenvalue weighted by molar-refractivity contribution is 0.103. The van der Waals surface area contributed by atoms with E-state index in [0.29, 0.717) is 34.7 Å². The molecule has 0 bridgehead atoms. The Morgan fingerprint density at radius 2 is 1.97 bits per heavy atom. The van der Waals surface area contributed by atoms with E-state index in [4.69, 9.17) is 0 Å². The number of aromatic amines is 1. The van der Waals surface area contributed by atoms with Crippen LogP contribution in [-0.2, 0) is 0 Å². The maximum absolute atomic E-state index is 15.2. The third-order valence-electron chi connectivity index (χ3n) is 5.38. The van der Waals surface area contributed by atoms with Crippen LogP contribution in [0.15, 0.2) is 53.8 Å². The summed E-state index contributed by atoms with van der Waals surface area (Å²) in [6.45, 7) is 0.743. The average molecular weight is 469 g/mol. The molecule has 168 valence electrons. The van der Waals surface area contributed by atoms with Crippen molar-refractivity contribution in [3.63, 3.8) is 0 Å². The van der Waals surface area contributed by atoms with Crippen LogP contribution in [0.5, 0.6) is 0 Å². The highest BCUT2D eigenvalue weighted by molar-refractivity contribution is 8.00. The number of carbonyl (C=O) groups excluding carboxylic acids is 1. The maximum atomic E-state index is 15.2. The molecule has 0 aliphatic heterocycles. The third kappa shape index (κ3) is 4.38. The summed E-state index contributed by atoms with van der Waals surface area (Å²) in [7, 11) is 0. The molecule has 1 aliphatic carbocycles. The molecule has 2 heterocycles. The van der Waals surface area contributed by atoms with Gasteiger partial charge in [-0.05, 0) is 61.0 Å². The Hall–Kier alpha value is -3.53. The summed E-state index contributed by atoms with van der Waals surface area (Å²) in [6.07, 6.45) is 5.20. The van der Waals surface area contributed by atoms with E-state index < -0.39 is 23.2 Å². The number of nitrogens with one attached hydrogen (secondary N) is 3. The molecular weight excluding hydrogens is 451 g/mol. The van der Waals surface area contributed by atoms with Crippen LogP contribution in [0.3, 0.4) is 0 Å². The smallest absolute Gasteiger partial charge is 0.198 e. The van der Waals surface area contributed by atoms with E-state index in [-0.39, 0.29) is 21.7 Å². The number of aromatic nitrogens is 3. The lowest BCUT2D eigenvalue weighted by Crippen LogP contribution is -2.09. The molecule has 0 spiro atoms. The molecule has 33 heavy (non-hydrogen) atoms. The number of H-pyrrole nitrogens is 1. The standard InChI is InChI=1S/C23H18F3N5OS/c24-13-6-7-16(25)18(8-13)33-31-17-3-1-2-14(20(17)26)21(32)15-10-28-23-19(15)22(29-11-30-23)27-9-12-4-5-12/h1-3,6-8,10-12,31H,4-5,9H2,(H2,27,28,29,30). The Labute approximate surface area is 191 Å². The van der Waals surface area contributed by atoms with Crippen LogP contribution in [0.2, 0.25) is 0 Å². The SMILES string of the molecule is O=C(c1cccc(NSc2cc(F)ccc2F)c1F)c1c[nH]c2ncnc(NCC3CC3)c12. The maximum Gasteiger partial charge on any atom is 0.198 e. The Kier molecular flexibility index (Phi) is 5.67. The summed E-state index contributed by atoms with van der Waals surface area (Å²) in [5, 5.41) is 3.76. The number of ketones is 1. The molecule has 3 N–H and O–H groups in total. The molecule has 0 radical (unpaired) electrons. The number of fused-ring (bicyclic) bond motifs is 1. The van der Waals surface area contributed by atoms with Crippen molar-refractivity contribution in [2.45, 2.75) is 17.7 Å². The van der Waals surface area contributed by atoms with Gasteiger partial charge in [-0.15, -0.1) is 0 Å². The van der Waals surface area contributed by atoms with Crippen molar-refractivity contribution >= 4 is 40.3 Å². The number of hydrogen-bond acceptors (Lipinski definition) is 6. The molecular formula is C23H18F3N5OS. The van der Waals surface area contributed by atoms with Crippen LogP contribution in [0, 0.1) is 23.4 Å². The van der Waals surface area contributed by atoms with E-state index in [1.54, 1.807) is 0 Å². The van der Waals surface area contributed by atoms with Crippen LogP contribution >= 0.6 is 11.9 Å². The fourth-order valence-electron chi connectivity index (χ4n) is 3.44. The number of halogens is 3. The van der Waals surface area contributed by atoms with E-state index >= 15 is 4.39 Å². The summed E-state index contributed by atoms with van der Waals surface area (Å²) in [5.74, 6) is -1.50. The number of rotatable bonds is 8. The van der Waals surface area contributed by atoms with Crippen LogP contribution in [0.1, 0.15) is 28.8 Å². The lowest BCUT2D eigenvalue weighted by Gasteiger charge is -2.11. The van der Waals surface area contributed by atoms with Crippen LogP contribution in [0.4, 0.5) is 24.7 Å². The number of carbonyl (C=O) groups is 1. The molecule has 1 saturated carbocycles. The first kappa shape index (κ1) is 21.3. The minimum absolute atomic E-state index is 0.0299. The predicted octanol–water partition coefficient (Wildman–Crippen LogP) is 5.55. The number of anilines is 2. The summed E-state index contributed by atoms with van der Waals surface area (Å²) in [4.78, 5) is 24.6. The van der Waals surface area contributed by atoms with Crippen molar-refractivity contribution in [3.05, 3.63) is 77.5 Å². The fourth-order valence-corrected chi connectivity index (χ4v) is 4.15. The second kappa shape index (κ2) is 8.78. The van der Waals surface area contributed by atoms with Gasteiger partial charge in [-0.2, -0.15) is 0 Å². The monoisotopic (exact) mass is 469 g/mol. The molecule has 5 rings (SSSR count). The van der Waals surface area contributed by atoms with Crippen molar-refractivity contribution in [2.75, 3.05) is 16.6 Å². The zero-order valence-electron chi connectivity index (χ0n) is 17.2. The lowest BCUT2D eigenvalue weighted by atomic mass is 10.0. The molecule has 10 heteroatoms. The van der Waals surface area contributed by atoms with E-state index in [0.717, 1.165) is 37.6 Å². The molecule has 0 atom stereocenters. The van der Waals surface area contributed by atoms with Crippen LogP contribution in [-0.4, -0.2) is 27.3 Å². The molecule has 2 aromatic heterocycles. The van der Waals surface area contributed by atoms with Gasteiger partial charge < -0.3 is 15.0 Å². The minimum Gasteiger partial charge on any atom is -0.369 e. The van der Waals surface area contributed by atoms with Gasteiger partial charge >= 0.3 is 0 Å². The van der Waals surface area contributed by atoms with Gasteiger partial charge in [0.05, 0.1) is 27.1 Å². The normalized spacial score (nSPS) is 13.3. The van der Waals surface area contributed by atoms with Gasteiger partial charge in [0, 0.05) is 12.7 Å². The second-order valence-electron chi connectivity index (χ2n) is 7.75. The minimum atomic E-state index is -0.800. The Morgan fingerprint density at radius 3 is 2.79 bits per heavy atom. The molecule has 1 aliphatic rings. The highest BCUT2D eigenvalue weighted by Gasteiger charge is 2.24. The zero-order chi connectivity index (χ0) is 22.9. The largest absolute Gasteiger partial charge is 0.369 e. The van der Waals surface area contributed by atoms with Gasteiger partial charge in [0.1, 0.15) is 29.4 Å². The van der Waals surface area contributed by atoms with E-state index in [2.05, 4.69) is 25.0 Å². The summed E-state index contributed by atoms with van der Waals surface area (Å²) >= 11 is 0.714. The molecule has 1 fully saturated rings. The number of nitrogens with zero attached hydrogens (tertiary/aromatic N) is 2. The molecule has 0 amide bonds. The highest BCUT2D eigenvalue weighted by atomic mass is 32.2. The predicted molar refractivity (Wildman–Crippen MR) is 121 cm³/mol. The first-order valence-corrected chi connectivity index (χ1v) is 11.1. The molecule has 4 aromatic rings. The Bertz CT molecular complexity index is 1360. The molecule has 6 nitrogen and oxygen atoms in total. The zero-order valence-corrected chi connectivity index (χ0v) is 18.0. The van der Waals surface area contributed by atoms with Crippen LogP contribution in [0.25, 0.3) is 11.0 Å². The van der Waals surface area contributed by atoms with Crippen molar-refractivity contribution in [1.29, 1.82) is 0 Å². The average Bonchev–Trinajstić information content (AvgIpc) is 3.55. The summed E-state index contributed by atoms with van der Waals surface area (Å²) in [6, 6.07) is 7.29. The van der Waals surface area contributed by atoms with Crippen molar-refractivity contribution in [3.8, 4) is 0 Å². The first-order chi connectivity index (χ1) is 16.0. The van der Waals surface area contributed by atoms with Gasteiger partial charge in [-0.1, -0.05) is 6.07 Å². The topological polar surface area (TPSA) is 82.7 Å². The van der Waals surface area contributed by atoms with E-state index in [1.165, 1.54) is 30.7 Å². The Balaban J connectivity index is 1.43. The van der Waals surface area contributed by atoms with Gasteiger partial charge in [0.2, 0.25) is 0 Å². The van der Waals surface area contributed by atoms with Gasteiger partial charge in [0.25, 0.3) is 0 Å². The van der Waals surface area contributed by atoms with Gasteiger partial charge in [-0.25, -0.2) is 23.1 Å². The first-order valence-electron chi connectivity index (χ1n) is 10.3. The highest BCUT2D eigenvalue weighted by Crippen LogP contribution is 2.32. The van der Waals surface area contributed by atoms with Gasteiger partial charge in [-0.3, -0.25) is 4.79 Å². The number of hydrogen-bond donors (Lipinski definition) is 3. The fraction of sp³-hybridized carbons (Fsp3) is 0.174. The van der Waals surface area contributed by atoms with Crippen LogP contribution < -0.4 is 10.0 Å².